The van der Waals surface area contributed by atoms with Crippen LogP contribution in [-0.2, 0) is 21.7 Å². The topological polar surface area (TPSA) is 146 Å². The van der Waals surface area contributed by atoms with E-state index in [9.17, 15) is 14.7 Å². The normalized spacial score (nSPS) is 15.6. The Balaban J connectivity index is 0.000000314. The van der Waals surface area contributed by atoms with Crippen LogP contribution in [-0.4, -0.2) is 33.2 Å². The molecule has 0 bridgehead atoms. The van der Waals surface area contributed by atoms with E-state index in [4.69, 9.17) is 20.0 Å². The molecular formula is C33H22N4O5S. The maximum absolute atomic E-state index is 13.1. The average Bonchev–Trinajstić information content (AvgIpc) is 3.63. The van der Waals surface area contributed by atoms with Gasteiger partial charge < -0.3 is 14.6 Å². The summed E-state index contributed by atoms with van der Waals surface area (Å²) in [6.07, 6.45) is 0.990. The fourth-order valence-corrected chi connectivity index (χ4v) is 5.08. The third kappa shape index (κ3) is 6.02. The zero-order valence-electron chi connectivity index (χ0n) is 22.7. The first-order chi connectivity index (χ1) is 20.9. The van der Waals surface area contributed by atoms with Crippen LogP contribution in [0.4, 0.5) is 0 Å². The summed E-state index contributed by atoms with van der Waals surface area (Å²) >= 11 is 1.09. The van der Waals surface area contributed by atoms with E-state index in [1.165, 1.54) is 0 Å². The van der Waals surface area contributed by atoms with E-state index >= 15 is 0 Å². The molecule has 4 aromatic carbocycles. The lowest BCUT2D eigenvalue weighted by atomic mass is 9.88. The number of aromatic nitrogens is 2. The predicted octanol–water partition coefficient (Wildman–Crippen LogP) is 5.34. The number of aliphatic hydroxyl groups is 1. The fourth-order valence-electron chi connectivity index (χ4n) is 4.56. The minimum absolute atomic E-state index is 0.239. The lowest BCUT2D eigenvalue weighted by Gasteiger charge is -2.26. The standard InChI is InChI=1S/C25H17N3O4S.C8H5NO/c1-31-19-9-7-18(8-10-19)25(30)20(12-15-2-4-16(14-26)5-3-15)23(24(29)32-25)17-6-11-21-22(13-17)28-33-27-21;9-5-7-1-3-8(6-10)4-2-7/h2-11,13,30H,12H2,1H3;1-4,6H. The molecule has 5 aromatic rings. The summed E-state index contributed by atoms with van der Waals surface area (Å²) in [4.78, 5) is 23.2. The number of esters is 1. The van der Waals surface area contributed by atoms with Crippen LogP contribution >= 0.6 is 11.7 Å². The van der Waals surface area contributed by atoms with Gasteiger partial charge in [-0.2, -0.15) is 19.3 Å². The van der Waals surface area contributed by atoms with Crippen molar-refractivity contribution in [2.24, 2.45) is 0 Å². The summed E-state index contributed by atoms with van der Waals surface area (Å²) in [5.41, 5.74) is 5.61. The molecule has 1 aliphatic heterocycles. The van der Waals surface area contributed by atoms with Gasteiger partial charge in [-0.1, -0.05) is 30.3 Å². The van der Waals surface area contributed by atoms with Gasteiger partial charge in [0.2, 0.25) is 0 Å². The summed E-state index contributed by atoms with van der Waals surface area (Å²) in [5, 5.41) is 29.2. The van der Waals surface area contributed by atoms with Gasteiger partial charge in [0.05, 0.1) is 47.7 Å². The molecule has 210 valence electrons. The van der Waals surface area contributed by atoms with Crippen molar-refractivity contribution in [2.75, 3.05) is 7.11 Å². The molecule has 0 spiro atoms. The number of methoxy groups -OCH3 is 1. The molecule has 1 unspecified atom stereocenters. The highest BCUT2D eigenvalue weighted by Crippen LogP contribution is 2.45. The number of nitriles is 2. The number of aldehydes is 1. The molecular weight excluding hydrogens is 564 g/mol. The van der Waals surface area contributed by atoms with Crippen LogP contribution in [0.1, 0.15) is 38.2 Å². The van der Waals surface area contributed by atoms with E-state index in [2.05, 4.69) is 14.8 Å². The Morgan fingerprint density at radius 2 is 1.53 bits per heavy atom. The summed E-state index contributed by atoms with van der Waals surface area (Å²) in [6, 6.07) is 29.6. The first-order valence-corrected chi connectivity index (χ1v) is 13.6. The van der Waals surface area contributed by atoms with E-state index in [0.29, 0.717) is 44.7 Å². The summed E-state index contributed by atoms with van der Waals surface area (Å²) in [6.45, 7) is 0. The van der Waals surface area contributed by atoms with Gasteiger partial charge in [-0.3, -0.25) is 4.79 Å². The van der Waals surface area contributed by atoms with E-state index < -0.39 is 11.8 Å². The van der Waals surface area contributed by atoms with Crippen LogP contribution in [0.15, 0.2) is 96.6 Å². The quantitative estimate of drug-likeness (QED) is 0.206. The first kappa shape index (κ1) is 28.8. The summed E-state index contributed by atoms with van der Waals surface area (Å²) in [7, 11) is 1.55. The number of ether oxygens (including phenoxy) is 2. The van der Waals surface area contributed by atoms with E-state index in [1.807, 2.05) is 6.07 Å². The van der Waals surface area contributed by atoms with E-state index in [1.54, 1.807) is 98.1 Å². The molecule has 6 rings (SSSR count). The van der Waals surface area contributed by atoms with Crippen LogP contribution in [0.3, 0.4) is 0 Å². The van der Waals surface area contributed by atoms with Crippen LogP contribution in [0.2, 0.25) is 0 Å². The van der Waals surface area contributed by atoms with Gasteiger partial charge in [0, 0.05) is 23.1 Å². The van der Waals surface area contributed by atoms with Gasteiger partial charge in [0.25, 0.3) is 5.79 Å². The van der Waals surface area contributed by atoms with Crippen molar-refractivity contribution >= 4 is 40.6 Å². The van der Waals surface area contributed by atoms with Crippen LogP contribution in [0.25, 0.3) is 16.6 Å². The van der Waals surface area contributed by atoms with Gasteiger partial charge in [0.15, 0.2) is 0 Å². The molecule has 0 saturated heterocycles. The Labute approximate surface area is 250 Å². The fraction of sp³-hybridized carbons (Fsp3) is 0.0909. The Bertz CT molecular complexity index is 1920. The molecule has 0 amide bonds. The number of rotatable bonds is 6. The maximum atomic E-state index is 13.1. The molecule has 0 fully saturated rings. The number of fused-ring (bicyclic) bond motifs is 1. The molecule has 1 aromatic heterocycles. The molecule has 1 N–H and O–H groups in total. The molecule has 0 radical (unpaired) electrons. The van der Waals surface area contributed by atoms with Gasteiger partial charge in [-0.25, -0.2) is 4.79 Å². The Kier molecular flexibility index (Phi) is 8.35. The number of carbonyl (C=O) groups is 2. The van der Waals surface area contributed by atoms with E-state index in [0.717, 1.165) is 29.1 Å². The minimum atomic E-state index is -1.96. The minimum Gasteiger partial charge on any atom is -0.497 e. The largest absolute Gasteiger partial charge is 0.497 e. The lowest BCUT2D eigenvalue weighted by Crippen LogP contribution is -2.29. The van der Waals surface area contributed by atoms with Gasteiger partial charge in [0.1, 0.15) is 23.1 Å². The highest BCUT2D eigenvalue weighted by molar-refractivity contribution is 7.00. The van der Waals surface area contributed by atoms with Crippen molar-refractivity contribution in [3.05, 3.63) is 130 Å². The number of benzene rings is 4. The van der Waals surface area contributed by atoms with E-state index in [-0.39, 0.29) is 12.0 Å². The van der Waals surface area contributed by atoms with Crippen LogP contribution in [0.5, 0.6) is 5.75 Å². The second-order valence-electron chi connectivity index (χ2n) is 9.42. The average molecular weight is 587 g/mol. The molecule has 0 saturated carbocycles. The van der Waals surface area contributed by atoms with Crippen molar-refractivity contribution in [3.63, 3.8) is 0 Å². The van der Waals surface area contributed by atoms with Crippen molar-refractivity contribution in [1.82, 2.24) is 8.75 Å². The SMILES string of the molecule is COc1ccc(C2(O)OC(=O)C(c3ccc4nsnc4c3)=C2Cc2ccc(C#N)cc2)cc1.N#Cc1ccc(C=O)cc1. The third-order valence-corrected chi connectivity index (χ3v) is 7.38. The number of hydrogen-bond donors (Lipinski definition) is 1. The predicted molar refractivity (Wildman–Crippen MR) is 159 cm³/mol. The van der Waals surface area contributed by atoms with Crippen LogP contribution in [0, 0.1) is 22.7 Å². The molecule has 2 heterocycles. The zero-order chi connectivity index (χ0) is 30.4. The molecule has 10 heteroatoms. The lowest BCUT2D eigenvalue weighted by molar-refractivity contribution is -0.185. The smallest absolute Gasteiger partial charge is 0.342 e. The van der Waals surface area contributed by atoms with Crippen molar-refractivity contribution in [1.29, 1.82) is 10.5 Å². The molecule has 43 heavy (non-hydrogen) atoms. The highest BCUT2D eigenvalue weighted by Gasteiger charge is 2.48. The van der Waals surface area contributed by atoms with Crippen molar-refractivity contribution in [2.45, 2.75) is 12.2 Å². The number of nitrogens with zero attached hydrogens (tertiary/aromatic N) is 4. The Morgan fingerprint density at radius 1 is 0.907 bits per heavy atom. The highest BCUT2D eigenvalue weighted by atomic mass is 32.1. The second kappa shape index (κ2) is 12.5. The van der Waals surface area contributed by atoms with Gasteiger partial charge >= 0.3 is 5.97 Å². The Hall–Kier alpha value is -5.68. The number of carbonyl (C=O) groups excluding carboxylic acids is 2. The zero-order valence-corrected chi connectivity index (χ0v) is 23.5. The number of cyclic esters (lactones) is 1. The third-order valence-electron chi connectivity index (χ3n) is 6.82. The summed E-state index contributed by atoms with van der Waals surface area (Å²) in [5.74, 6) is -1.97. The van der Waals surface area contributed by atoms with Gasteiger partial charge in [-0.15, -0.1) is 0 Å². The first-order valence-electron chi connectivity index (χ1n) is 12.9. The summed E-state index contributed by atoms with van der Waals surface area (Å²) < 4.78 is 19.3. The van der Waals surface area contributed by atoms with Gasteiger partial charge in [-0.05, 0) is 71.8 Å². The van der Waals surface area contributed by atoms with Crippen LogP contribution < -0.4 is 4.74 Å². The second-order valence-corrected chi connectivity index (χ2v) is 9.95. The molecule has 9 nitrogen and oxygen atoms in total. The van der Waals surface area contributed by atoms with Crippen molar-refractivity contribution in [3.8, 4) is 17.9 Å². The molecule has 1 atom stereocenters. The number of hydrogen-bond acceptors (Lipinski definition) is 10. The Morgan fingerprint density at radius 3 is 2.14 bits per heavy atom. The monoisotopic (exact) mass is 586 g/mol. The maximum Gasteiger partial charge on any atom is 0.342 e. The molecule has 0 aliphatic carbocycles. The molecule has 1 aliphatic rings. The van der Waals surface area contributed by atoms with Crippen molar-refractivity contribution < 1.29 is 24.2 Å².